The minimum Gasteiger partial charge on any atom is -0.462 e. The van der Waals surface area contributed by atoms with Crippen molar-refractivity contribution in [3.8, 4) is 0 Å². The third-order valence-electron chi connectivity index (χ3n) is 3.13. The van der Waals surface area contributed by atoms with Crippen LogP contribution in [0.1, 0.15) is 30.1 Å². The second kappa shape index (κ2) is 8.11. The molecule has 2 rings (SSSR count). The molecule has 1 heterocycles. The smallest absolute Gasteiger partial charge is 0.341 e. The molecule has 0 saturated carbocycles. The first-order valence-corrected chi connectivity index (χ1v) is 7.98. The molecule has 126 valence electrons. The molecule has 6 nitrogen and oxygen atoms in total. The lowest BCUT2D eigenvalue weighted by atomic mass is 10.2. The summed E-state index contributed by atoms with van der Waals surface area (Å²) in [5.41, 5.74) is 2.37. The Hall–Kier alpha value is -1.87. The van der Waals surface area contributed by atoms with Crippen LogP contribution in [0.25, 0.3) is 0 Å². The summed E-state index contributed by atoms with van der Waals surface area (Å²) in [6.07, 6.45) is 1.87. The van der Waals surface area contributed by atoms with Crippen molar-refractivity contribution >= 4 is 28.8 Å². The molecule has 0 spiro atoms. The van der Waals surface area contributed by atoms with Crippen molar-refractivity contribution in [3.05, 3.63) is 29.3 Å². The molecule has 1 aliphatic heterocycles. The Morgan fingerprint density at radius 3 is 2.78 bits per heavy atom. The second-order valence-corrected chi connectivity index (χ2v) is 5.53. The van der Waals surface area contributed by atoms with Crippen LogP contribution in [0, 0.1) is 11.6 Å². The van der Waals surface area contributed by atoms with E-state index < -0.39 is 17.6 Å². The van der Waals surface area contributed by atoms with E-state index in [1.165, 1.54) is 5.01 Å². The molecule has 0 bridgehead atoms. The van der Waals surface area contributed by atoms with Gasteiger partial charge in [-0.05, 0) is 25.8 Å². The zero-order chi connectivity index (χ0) is 16.8. The van der Waals surface area contributed by atoms with Crippen LogP contribution in [0.4, 0.5) is 19.3 Å². The van der Waals surface area contributed by atoms with Gasteiger partial charge in [0, 0.05) is 31.1 Å². The molecule has 23 heavy (non-hydrogen) atoms. The molecule has 0 radical (unpaired) electrons. The van der Waals surface area contributed by atoms with Gasteiger partial charge in [0.2, 0.25) is 0 Å². The highest BCUT2D eigenvalue weighted by Crippen LogP contribution is 2.24. The molecule has 1 aromatic carbocycles. The molecule has 0 unspecified atom stereocenters. The molecule has 0 atom stereocenters. The van der Waals surface area contributed by atoms with Gasteiger partial charge in [-0.15, -0.1) is 0 Å². The molecule has 0 aliphatic carbocycles. The zero-order valence-corrected chi connectivity index (χ0v) is 13.3. The van der Waals surface area contributed by atoms with Crippen molar-refractivity contribution in [1.29, 1.82) is 0 Å². The number of nitrogens with one attached hydrogen (secondary N) is 2. The van der Waals surface area contributed by atoms with Crippen LogP contribution in [0.15, 0.2) is 12.1 Å². The average Bonchev–Trinajstić information content (AvgIpc) is 2.54. The Morgan fingerprint density at radius 2 is 2.13 bits per heavy atom. The van der Waals surface area contributed by atoms with Crippen LogP contribution in [0.5, 0.6) is 0 Å². The number of halogens is 2. The van der Waals surface area contributed by atoms with Crippen molar-refractivity contribution in [2.75, 3.05) is 24.4 Å². The highest BCUT2D eigenvalue weighted by atomic mass is 32.2. The molecule has 0 aromatic heterocycles. The van der Waals surface area contributed by atoms with Gasteiger partial charge >= 0.3 is 11.2 Å². The van der Waals surface area contributed by atoms with Crippen LogP contribution in [0.3, 0.4) is 0 Å². The zero-order valence-electron chi connectivity index (χ0n) is 12.5. The SMILES string of the molecule is CCOC(=O)c1cc(NSC(=O)N2CCCCN2)c(F)cc1F. The monoisotopic (exact) mass is 345 g/mol. The van der Waals surface area contributed by atoms with Crippen LogP contribution in [-0.4, -0.2) is 35.9 Å². The number of ether oxygens (including phenoxy) is 1. The summed E-state index contributed by atoms with van der Waals surface area (Å²) in [7, 11) is 0. The van der Waals surface area contributed by atoms with E-state index >= 15 is 0 Å². The van der Waals surface area contributed by atoms with E-state index in [1.807, 2.05) is 0 Å². The van der Waals surface area contributed by atoms with Crippen molar-refractivity contribution in [2.24, 2.45) is 0 Å². The predicted molar refractivity (Wildman–Crippen MR) is 82.9 cm³/mol. The van der Waals surface area contributed by atoms with Gasteiger partial charge in [-0.1, -0.05) is 0 Å². The lowest BCUT2D eigenvalue weighted by molar-refractivity contribution is 0.0521. The minimum atomic E-state index is -1.01. The molecule has 9 heteroatoms. The third kappa shape index (κ3) is 4.55. The Bertz CT molecular complexity index is 595. The Morgan fingerprint density at radius 1 is 1.35 bits per heavy atom. The molecule has 2 N–H and O–H groups in total. The molecule has 1 saturated heterocycles. The number of hydrogen-bond acceptors (Lipinski definition) is 6. The van der Waals surface area contributed by atoms with Gasteiger partial charge in [-0.25, -0.2) is 19.0 Å². The average molecular weight is 345 g/mol. The van der Waals surface area contributed by atoms with Crippen LogP contribution >= 0.6 is 11.9 Å². The summed E-state index contributed by atoms with van der Waals surface area (Å²) in [5, 5.41) is 1.08. The summed E-state index contributed by atoms with van der Waals surface area (Å²) in [4.78, 5) is 23.6. The first kappa shape index (κ1) is 17.5. The number of hydrazine groups is 1. The third-order valence-corrected chi connectivity index (χ3v) is 3.85. The highest BCUT2D eigenvalue weighted by molar-refractivity contribution is 8.14. The molecule has 1 aromatic rings. The van der Waals surface area contributed by atoms with Gasteiger partial charge in [0.25, 0.3) is 0 Å². The second-order valence-electron chi connectivity index (χ2n) is 4.77. The van der Waals surface area contributed by atoms with Crippen molar-refractivity contribution in [3.63, 3.8) is 0 Å². The van der Waals surface area contributed by atoms with Gasteiger partial charge in [0.05, 0.1) is 17.9 Å². The minimum absolute atomic E-state index is 0.0757. The maximum absolute atomic E-state index is 13.8. The number of nitrogens with zero attached hydrogens (tertiary/aromatic N) is 1. The number of hydrogen-bond donors (Lipinski definition) is 2. The van der Waals surface area contributed by atoms with E-state index in [1.54, 1.807) is 6.92 Å². The topological polar surface area (TPSA) is 70.7 Å². The molecule has 1 aliphatic rings. The summed E-state index contributed by atoms with van der Waals surface area (Å²) in [6.45, 7) is 2.92. The van der Waals surface area contributed by atoms with Crippen LogP contribution in [0.2, 0.25) is 0 Å². The van der Waals surface area contributed by atoms with Crippen molar-refractivity contribution < 1.29 is 23.1 Å². The molecule has 1 amide bonds. The standard InChI is InChI=1S/C14H17F2N3O3S/c1-2-22-13(20)9-7-12(11(16)8-10(9)15)18-23-14(21)19-6-4-3-5-17-19/h7-8,17-18H,2-6H2,1H3. The highest BCUT2D eigenvalue weighted by Gasteiger charge is 2.20. The number of carbonyl (C=O) groups excluding carboxylic acids is 2. The number of carbonyl (C=O) groups is 2. The summed E-state index contributed by atoms with van der Waals surface area (Å²) in [6, 6.07) is 1.57. The van der Waals surface area contributed by atoms with E-state index in [2.05, 4.69) is 10.1 Å². The Kier molecular flexibility index (Phi) is 6.17. The number of rotatable bonds is 4. The Labute approximate surface area is 136 Å². The first-order chi connectivity index (χ1) is 11.0. The molecular weight excluding hydrogens is 328 g/mol. The maximum Gasteiger partial charge on any atom is 0.341 e. The molecule has 1 fully saturated rings. The Balaban J connectivity index is 2.05. The lowest BCUT2D eigenvalue weighted by Crippen LogP contribution is -2.45. The number of anilines is 1. The largest absolute Gasteiger partial charge is 0.462 e. The number of amides is 1. The van der Waals surface area contributed by atoms with Gasteiger partial charge in [-0.3, -0.25) is 9.80 Å². The van der Waals surface area contributed by atoms with Gasteiger partial charge in [-0.2, -0.15) is 0 Å². The first-order valence-electron chi connectivity index (χ1n) is 7.17. The van der Waals surface area contributed by atoms with Crippen molar-refractivity contribution in [1.82, 2.24) is 10.4 Å². The number of esters is 1. The lowest BCUT2D eigenvalue weighted by Gasteiger charge is -2.26. The van der Waals surface area contributed by atoms with Crippen LogP contribution in [-0.2, 0) is 4.74 Å². The fraction of sp³-hybridized carbons (Fsp3) is 0.429. The summed E-state index contributed by atoms with van der Waals surface area (Å²) in [5.74, 6) is -2.80. The number of benzene rings is 1. The maximum atomic E-state index is 13.8. The fourth-order valence-corrected chi connectivity index (χ4v) is 2.61. The van der Waals surface area contributed by atoms with Gasteiger partial charge < -0.3 is 9.46 Å². The van der Waals surface area contributed by atoms with Crippen LogP contribution < -0.4 is 10.1 Å². The van der Waals surface area contributed by atoms with E-state index in [0.29, 0.717) is 31.1 Å². The van der Waals surface area contributed by atoms with Gasteiger partial charge in [0.1, 0.15) is 11.6 Å². The van der Waals surface area contributed by atoms with E-state index in [9.17, 15) is 18.4 Å². The van der Waals surface area contributed by atoms with E-state index in [0.717, 1.165) is 18.9 Å². The fourth-order valence-electron chi connectivity index (χ4n) is 1.99. The summed E-state index contributed by atoms with van der Waals surface area (Å²) >= 11 is 0.650. The van der Waals surface area contributed by atoms with E-state index in [4.69, 9.17) is 4.74 Å². The van der Waals surface area contributed by atoms with E-state index in [-0.39, 0.29) is 23.1 Å². The quantitative estimate of drug-likeness (QED) is 0.646. The summed E-state index contributed by atoms with van der Waals surface area (Å²) < 4.78 is 34.6. The van der Waals surface area contributed by atoms with Crippen molar-refractivity contribution in [2.45, 2.75) is 19.8 Å². The van der Waals surface area contributed by atoms with Gasteiger partial charge in [0.15, 0.2) is 0 Å². The normalized spacial score (nSPS) is 14.5. The molecular formula is C14H17F2N3O3S. The predicted octanol–water partition coefficient (Wildman–Crippen LogP) is 2.92.